The minimum atomic E-state index is -0.658. The molecule has 0 atom stereocenters. The highest BCUT2D eigenvalue weighted by Crippen LogP contribution is 2.39. The summed E-state index contributed by atoms with van der Waals surface area (Å²) in [5.41, 5.74) is 0.251. The molecule has 3 nitrogen and oxygen atoms in total. The molecule has 0 heterocycles. The van der Waals surface area contributed by atoms with Crippen LogP contribution in [0.2, 0.25) is 0 Å². The van der Waals surface area contributed by atoms with Crippen LogP contribution in [-0.2, 0) is 4.79 Å². The van der Waals surface area contributed by atoms with Crippen LogP contribution >= 0.6 is 0 Å². The fourth-order valence-electron chi connectivity index (χ4n) is 2.61. The Balaban J connectivity index is 2.49. The van der Waals surface area contributed by atoms with Crippen LogP contribution in [0.5, 0.6) is 0 Å². The maximum Gasteiger partial charge on any atom is 0.303 e. The summed E-state index contributed by atoms with van der Waals surface area (Å²) in [7, 11) is 0. The van der Waals surface area contributed by atoms with Gasteiger partial charge in [0.05, 0.1) is 0 Å². The highest BCUT2D eigenvalue weighted by Gasteiger charge is 2.32. The van der Waals surface area contributed by atoms with Crippen LogP contribution in [0, 0.1) is 5.41 Å². The largest absolute Gasteiger partial charge is 0.481 e. The summed E-state index contributed by atoms with van der Waals surface area (Å²) in [5, 5.41) is 12.3. The summed E-state index contributed by atoms with van der Waals surface area (Å²) in [6.45, 7) is 5.28. The molecule has 0 radical (unpaired) electrons. The number of carbonyl (C=O) groups is 1. The standard InChI is InChI=1S/C13H25NO2/c1-11(2)14-10-13(9-6-12(15)16)7-4-3-5-8-13/h11,14H,3-10H2,1-2H3,(H,15,16). The van der Waals surface area contributed by atoms with E-state index in [9.17, 15) is 4.79 Å². The smallest absolute Gasteiger partial charge is 0.303 e. The number of hydrogen-bond acceptors (Lipinski definition) is 2. The second-order valence-electron chi connectivity index (χ2n) is 5.49. The maximum absolute atomic E-state index is 10.7. The van der Waals surface area contributed by atoms with Gasteiger partial charge in [0.2, 0.25) is 0 Å². The van der Waals surface area contributed by atoms with Crippen LogP contribution in [-0.4, -0.2) is 23.7 Å². The SMILES string of the molecule is CC(C)NCC1(CCC(=O)O)CCCCC1. The predicted octanol–water partition coefficient (Wildman–Crippen LogP) is 2.80. The molecule has 2 N–H and O–H groups in total. The van der Waals surface area contributed by atoms with Crippen molar-refractivity contribution >= 4 is 5.97 Å². The number of nitrogens with one attached hydrogen (secondary N) is 1. The molecule has 16 heavy (non-hydrogen) atoms. The molecule has 0 saturated heterocycles. The van der Waals surface area contributed by atoms with Crippen molar-refractivity contribution in [2.24, 2.45) is 5.41 Å². The van der Waals surface area contributed by atoms with Crippen molar-refractivity contribution in [2.75, 3.05) is 6.54 Å². The Morgan fingerprint density at radius 1 is 1.31 bits per heavy atom. The van der Waals surface area contributed by atoms with Crippen molar-refractivity contribution in [3.8, 4) is 0 Å². The molecule has 1 rings (SSSR count). The average molecular weight is 227 g/mol. The molecule has 1 aliphatic carbocycles. The molecule has 0 aromatic rings. The van der Waals surface area contributed by atoms with E-state index in [0.717, 1.165) is 13.0 Å². The first kappa shape index (κ1) is 13.5. The Labute approximate surface area is 98.6 Å². The van der Waals surface area contributed by atoms with Crippen molar-refractivity contribution in [2.45, 2.75) is 64.8 Å². The number of hydrogen-bond donors (Lipinski definition) is 2. The molecule has 1 saturated carbocycles. The normalized spacial score (nSPS) is 19.9. The van der Waals surface area contributed by atoms with E-state index in [1.165, 1.54) is 32.1 Å². The van der Waals surface area contributed by atoms with Crippen molar-refractivity contribution in [1.82, 2.24) is 5.32 Å². The zero-order valence-electron chi connectivity index (χ0n) is 10.6. The van der Waals surface area contributed by atoms with Gasteiger partial charge >= 0.3 is 5.97 Å². The fraction of sp³-hybridized carbons (Fsp3) is 0.923. The van der Waals surface area contributed by atoms with Gasteiger partial charge in [-0.05, 0) is 24.7 Å². The molecule has 0 aliphatic heterocycles. The predicted molar refractivity (Wildman–Crippen MR) is 65.5 cm³/mol. The van der Waals surface area contributed by atoms with Crippen LogP contribution < -0.4 is 5.32 Å². The molecular weight excluding hydrogens is 202 g/mol. The number of carboxylic acids is 1. The highest BCUT2D eigenvalue weighted by atomic mass is 16.4. The lowest BCUT2D eigenvalue weighted by atomic mass is 9.71. The Bertz CT molecular complexity index is 220. The molecule has 1 aliphatic rings. The molecule has 0 bridgehead atoms. The summed E-state index contributed by atoms with van der Waals surface area (Å²) in [6.07, 6.45) is 7.39. The van der Waals surface area contributed by atoms with Crippen molar-refractivity contribution in [3.05, 3.63) is 0 Å². The summed E-state index contributed by atoms with van der Waals surface area (Å²) in [5.74, 6) is -0.658. The molecule has 0 aromatic heterocycles. The summed E-state index contributed by atoms with van der Waals surface area (Å²) in [4.78, 5) is 10.7. The third-order valence-corrected chi connectivity index (χ3v) is 3.67. The average Bonchev–Trinajstić information content (AvgIpc) is 2.25. The number of carboxylic acid groups (broad SMARTS) is 1. The van der Waals surface area contributed by atoms with Crippen LogP contribution in [0.3, 0.4) is 0 Å². The van der Waals surface area contributed by atoms with Crippen LogP contribution in [0.15, 0.2) is 0 Å². The topological polar surface area (TPSA) is 49.3 Å². The van der Waals surface area contributed by atoms with Gasteiger partial charge in [-0.1, -0.05) is 33.1 Å². The van der Waals surface area contributed by atoms with Crippen LogP contribution in [0.1, 0.15) is 58.8 Å². The third-order valence-electron chi connectivity index (χ3n) is 3.67. The fourth-order valence-corrected chi connectivity index (χ4v) is 2.61. The number of rotatable bonds is 6. The summed E-state index contributed by atoms with van der Waals surface area (Å²) < 4.78 is 0. The molecular formula is C13H25NO2. The first-order valence-electron chi connectivity index (χ1n) is 6.49. The van der Waals surface area contributed by atoms with E-state index < -0.39 is 5.97 Å². The second kappa shape index (κ2) is 6.24. The lowest BCUT2D eigenvalue weighted by molar-refractivity contribution is -0.137. The molecule has 0 unspecified atom stereocenters. The van der Waals surface area contributed by atoms with E-state index in [1.54, 1.807) is 0 Å². The van der Waals surface area contributed by atoms with Crippen molar-refractivity contribution < 1.29 is 9.90 Å². The van der Waals surface area contributed by atoms with Gasteiger partial charge in [-0.25, -0.2) is 0 Å². The van der Waals surface area contributed by atoms with Gasteiger partial charge in [0.1, 0.15) is 0 Å². The Morgan fingerprint density at radius 2 is 1.94 bits per heavy atom. The van der Waals surface area contributed by atoms with E-state index in [-0.39, 0.29) is 5.41 Å². The van der Waals surface area contributed by atoms with Gasteiger partial charge < -0.3 is 10.4 Å². The second-order valence-corrected chi connectivity index (χ2v) is 5.49. The van der Waals surface area contributed by atoms with Gasteiger partial charge in [0, 0.05) is 19.0 Å². The minimum absolute atomic E-state index is 0.251. The molecule has 0 aromatic carbocycles. The Kier molecular flexibility index (Phi) is 5.26. The number of aliphatic carboxylic acids is 1. The van der Waals surface area contributed by atoms with E-state index in [0.29, 0.717) is 12.5 Å². The molecule has 3 heteroatoms. The lowest BCUT2D eigenvalue weighted by Crippen LogP contribution is -2.39. The monoisotopic (exact) mass is 227 g/mol. The quantitative estimate of drug-likeness (QED) is 0.733. The van der Waals surface area contributed by atoms with Crippen molar-refractivity contribution in [1.29, 1.82) is 0 Å². The third kappa shape index (κ3) is 4.52. The van der Waals surface area contributed by atoms with Gasteiger partial charge in [-0.15, -0.1) is 0 Å². The lowest BCUT2D eigenvalue weighted by Gasteiger charge is -2.38. The zero-order chi connectivity index (χ0) is 12.0. The first-order chi connectivity index (χ1) is 7.54. The first-order valence-corrected chi connectivity index (χ1v) is 6.49. The highest BCUT2D eigenvalue weighted by molar-refractivity contribution is 5.66. The molecule has 0 amide bonds. The molecule has 0 spiro atoms. The minimum Gasteiger partial charge on any atom is -0.481 e. The summed E-state index contributed by atoms with van der Waals surface area (Å²) in [6, 6.07) is 0.489. The maximum atomic E-state index is 10.7. The van der Waals surface area contributed by atoms with Crippen molar-refractivity contribution in [3.63, 3.8) is 0 Å². The molecule has 94 valence electrons. The van der Waals surface area contributed by atoms with E-state index in [4.69, 9.17) is 5.11 Å². The Morgan fingerprint density at radius 3 is 2.44 bits per heavy atom. The van der Waals surface area contributed by atoms with Gasteiger partial charge in [-0.2, -0.15) is 0 Å². The van der Waals surface area contributed by atoms with Gasteiger partial charge in [0.25, 0.3) is 0 Å². The molecule has 1 fully saturated rings. The van der Waals surface area contributed by atoms with E-state index in [1.807, 2.05) is 0 Å². The van der Waals surface area contributed by atoms with Gasteiger partial charge in [0.15, 0.2) is 0 Å². The zero-order valence-corrected chi connectivity index (χ0v) is 10.6. The van der Waals surface area contributed by atoms with Crippen LogP contribution in [0.25, 0.3) is 0 Å². The van der Waals surface area contributed by atoms with E-state index in [2.05, 4.69) is 19.2 Å². The van der Waals surface area contributed by atoms with Crippen LogP contribution in [0.4, 0.5) is 0 Å². The Hall–Kier alpha value is -0.570. The van der Waals surface area contributed by atoms with Gasteiger partial charge in [-0.3, -0.25) is 4.79 Å². The van der Waals surface area contributed by atoms with E-state index >= 15 is 0 Å². The summed E-state index contributed by atoms with van der Waals surface area (Å²) >= 11 is 0.